The largest absolute Gasteiger partial charge is 0.416 e. The van der Waals surface area contributed by atoms with Crippen LogP contribution in [-0.4, -0.2) is 22.1 Å². The first-order valence-corrected chi connectivity index (χ1v) is 7.64. The summed E-state index contributed by atoms with van der Waals surface area (Å²) in [5, 5.41) is 3.93. The first kappa shape index (κ1) is 17.2. The van der Waals surface area contributed by atoms with Gasteiger partial charge in [0.1, 0.15) is 0 Å². The topological polar surface area (TPSA) is 42.2 Å². The molecule has 130 valence electrons. The van der Waals surface area contributed by atoms with E-state index in [1.807, 2.05) is 35.2 Å². The third-order valence-electron chi connectivity index (χ3n) is 3.61. The number of nitrogens with zero attached hydrogens (tertiary/aromatic N) is 3. The fraction of sp³-hybridized carbons (Fsp3) is 0.222. The Kier molecular flexibility index (Phi) is 4.85. The van der Waals surface area contributed by atoms with Crippen LogP contribution in [-0.2, 0) is 19.3 Å². The van der Waals surface area contributed by atoms with Gasteiger partial charge in [-0.25, -0.2) is 0 Å². The van der Waals surface area contributed by atoms with Crippen molar-refractivity contribution in [2.45, 2.75) is 19.3 Å². The van der Waals surface area contributed by atoms with Crippen molar-refractivity contribution in [2.75, 3.05) is 7.05 Å². The van der Waals surface area contributed by atoms with Crippen LogP contribution in [0.1, 0.15) is 17.0 Å². The highest BCUT2D eigenvalue weighted by Crippen LogP contribution is 2.29. The zero-order valence-electron chi connectivity index (χ0n) is 13.5. The molecule has 2 aromatic carbocycles. The number of rotatable bonds is 5. The SMILES string of the molecule is CN(Cc1cccc(C(F)(F)F)c1)Cc1nc(-c2ccccc2)no1. The Hall–Kier alpha value is -2.67. The van der Waals surface area contributed by atoms with E-state index in [2.05, 4.69) is 10.1 Å². The third kappa shape index (κ3) is 4.45. The highest BCUT2D eigenvalue weighted by atomic mass is 19.4. The number of halogens is 3. The smallest absolute Gasteiger partial charge is 0.338 e. The molecule has 0 unspecified atom stereocenters. The number of hydrogen-bond acceptors (Lipinski definition) is 4. The van der Waals surface area contributed by atoms with Gasteiger partial charge in [-0.3, -0.25) is 4.90 Å². The molecule has 0 aliphatic carbocycles. The molecule has 0 atom stereocenters. The van der Waals surface area contributed by atoms with E-state index in [-0.39, 0.29) is 0 Å². The average Bonchev–Trinajstić information content (AvgIpc) is 3.03. The maximum Gasteiger partial charge on any atom is 0.416 e. The summed E-state index contributed by atoms with van der Waals surface area (Å²) in [5.74, 6) is 0.899. The van der Waals surface area contributed by atoms with Crippen LogP contribution in [0.15, 0.2) is 59.1 Å². The van der Waals surface area contributed by atoms with Crippen LogP contribution in [0.5, 0.6) is 0 Å². The summed E-state index contributed by atoms with van der Waals surface area (Å²) in [6.45, 7) is 0.684. The molecular formula is C18H16F3N3O. The standard InChI is InChI=1S/C18H16F3N3O/c1-24(11-13-6-5-9-15(10-13)18(19,20)21)12-16-22-17(23-25-16)14-7-3-2-4-8-14/h2-10H,11-12H2,1H3. The van der Waals surface area contributed by atoms with Gasteiger partial charge in [-0.2, -0.15) is 18.2 Å². The van der Waals surface area contributed by atoms with E-state index in [1.54, 1.807) is 13.1 Å². The summed E-state index contributed by atoms with van der Waals surface area (Å²) in [4.78, 5) is 6.14. The maximum atomic E-state index is 12.8. The van der Waals surface area contributed by atoms with Gasteiger partial charge < -0.3 is 4.52 Å². The van der Waals surface area contributed by atoms with Crippen molar-refractivity contribution in [1.82, 2.24) is 15.0 Å². The van der Waals surface area contributed by atoms with Crippen LogP contribution in [0.3, 0.4) is 0 Å². The van der Waals surface area contributed by atoms with Crippen LogP contribution in [0.2, 0.25) is 0 Å². The molecule has 4 nitrogen and oxygen atoms in total. The number of alkyl halides is 3. The van der Waals surface area contributed by atoms with Gasteiger partial charge in [-0.1, -0.05) is 53.7 Å². The lowest BCUT2D eigenvalue weighted by Gasteiger charge is -2.15. The van der Waals surface area contributed by atoms with Crippen molar-refractivity contribution in [1.29, 1.82) is 0 Å². The molecule has 0 aliphatic heterocycles. The lowest BCUT2D eigenvalue weighted by Crippen LogP contribution is -2.18. The van der Waals surface area contributed by atoms with Crippen molar-refractivity contribution >= 4 is 0 Å². The van der Waals surface area contributed by atoms with E-state index < -0.39 is 11.7 Å². The number of hydrogen-bond donors (Lipinski definition) is 0. The Labute approximate surface area is 142 Å². The lowest BCUT2D eigenvalue weighted by atomic mass is 10.1. The second-order valence-corrected chi connectivity index (χ2v) is 5.75. The first-order valence-electron chi connectivity index (χ1n) is 7.64. The molecule has 0 spiro atoms. The van der Waals surface area contributed by atoms with Crippen LogP contribution >= 0.6 is 0 Å². The molecule has 0 fully saturated rings. The van der Waals surface area contributed by atoms with E-state index in [0.717, 1.165) is 17.7 Å². The average molecular weight is 347 g/mol. The molecule has 0 saturated carbocycles. The summed E-state index contributed by atoms with van der Waals surface area (Å²) >= 11 is 0. The van der Waals surface area contributed by atoms with Gasteiger partial charge in [0, 0.05) is 12.1 Å². The summed E-state index contributed by atoms with van der Waals surface area (Å²) < 4.78 is 43.5. The molecule has 0 radical (unpaired) electrons. The summed E-state index contributed by atoms with van der Waals surface area (Å²) in [7, 11) is 1.78. The van der Waals surface area contributed by atoms with Crippen molar-refractivity contribution < 1.29 is 17.7 Å². The van der Waals surface area contributed by atoms with Crippen molar-refractivity contribution in [2.24, 2.45) is 0 Å². The Morgan fingerprint density at radius 3 is 2.48 bits per heavy atom. The third-order valence-corrected chi connectivity index (χ3v) is 3.61. The van der Waals surface area contributed by atoms with Gasteiger partial charge in [0.05, 0.1) is 12.1 Å². The molecule has 0 N–H and O–H groups in total. The highest BCUT2D eigenvalue weighted by Gasteiger charge is 2.30. The second-order valence-electron chi connectivity index (χ2n) is 5.75. The minimum absolute atomic E-state index is 0.340. The molecule has 1 heterocycles. The van der Waals surface area contributed by atoms with Gasteiger partial charge >= 0.3 is 6.18 Å². The van der Waals surface area contributed by atoms with Crippen LogP contribution in [0.25, 0.3) is 11.4 Å². The van der Waals surface area contributed by atoms with Gasteiger partial charge in [0.2, 0.25) is 11.7 Å². The minimum Gasteiger partial charge on any atom is -0.338 e. The maximum absolute atomic E-state index is 12.8. The summed E-state index contributed by atoms with van der Waals surface area (Å²) in [6, 6.07) is 14.7. The molecule has 25 heavy (non-hydrogen) atoms. The van der Waals surface area contributed by atoms with Gasteiger partial charge in [-0.15, -0.1) is 0 Å². The van der Waals surface area contributed by atoms with Crippen LogP contribution in [0.4, 0.5) is 13.2 Å². The quantitative estimate of drug-likeness (QED) is 0.687. The molecule has 1 aromatic heterocycles. The Bertz CT molecular complexity index is 831. The second kappa shape index (κ2) is 7.06. The van der Waals surface area contributed by atoms with Crippen molar-refractivity contribution in [3.8, 4) is 11.4 Å². The molecule has 0 amide bonds. The minimum atomic E-state index is -4.34. The Morgan fingerprint density at radius 1 is 1.00 bits per heavy atom. The van der Waals surface area contributed by atoms with E-state index in [9.17, 15) is 13.2 Å². The predicted molar refractivity (Wildman–Crippen MR) is 86.3 cm³/mol. The number of aromatic nitrogens is 2. The molecule has 0 bridgehead atoms. The fourth-order valence-electron chi connectivity index (χ4n) is 2.47. The molecule has 0 saturated heterocycles. The Balaban J connectivity index is 1.65. The Morgan fingerprint density at radius 2 is 1.76 bits per heavy atom. The van der Waals surface area contributed by atoms with Crippen molar-refractivity contribution in [3.63, 3.8) is 0 Å². The van der Waals surface area contributed by atoms with E-state index in [4.69, 9.17) is 4.52 Å². The summed E-state index contributed by atoms with van der Waals surface area (Å²) in [6.07, 6.45) is -4.34. The van der Waals surface area contributed by atoms with Crippen LogP contribution in [0, 0.1) is 0 Å². The fourth-order valence-corrected chi connectivity index (χ4v) is 2.47. The van der Waals surface area contributed by atoms with Gasteiger partial charge in [-0.05, 0) is 18.7 Å². The van der Waals surface area contributed by atoms with Gasteiger partial charge in [0.15, 0.2) is 0 Å². The van der Waals surface area contributed by atoms with E-state index >= 15 is 0 Å². The van der Waals surface area contributed by atoms with Gasteiger partial charge in [0.25, 0.3) is 0 Å². The highest BCUT2D eigenvalue weighted by molar-refractivity contribution is 5.53. The zero-order chi connectivity index (χ0) is 17.9. The first-order chi connectivity index (χ1) is 11.9. The molecule has 3 aromatic rings. The van der Waals surface area contributed by atoms with E-state index in [0.29, 0.717) is 30.4 Å². The normalized spacial score (nSPS) is 11.9. The lowest BCUT2D eigenvalue weighted by molar-refractivity contribution is -0.137. The molecule has 7 heteroatoms. The molecular weight excluding hydrogens is 331 g/mol. The number of benzene rings is 2. The van der Waals surface area contributed by atoms with Crippen LogP contribution < -0.4 is 0 Å². The monoisotopic (exact) mass is 347 g/mol. The molecule has 3 rings (SSSR count). The summed E-state index contributed by atoms with van der Waals surface area (Å²) in [5.41, 5.74) is 0.765. The van der Waals surface area contributed by atoms with Crippen molar-refractivity contribution in [3.05, 3.63) is 71.6 Å². The predicted octanol–water partition coefficient (Wildman–Crippen LogP) is 4.39. The molecule has 0 aliphatic rings. The zero-order valence-corrected chi connectivity index (χ0v) is 13.5. The van der Waals surface area contributed by atoms with E-state index in [1.165, 1.54) is 6.07 Å².